The number of fused-ring (bicyclic) bond motifs is 1. The van der Waals surface area contributed by atoms with E-state index in [4.69, 9.17) is 4.74 Å². The molecule has 0 radical (unpaired) electrons. The topological polar surface area (TPSA) is 84.1 Å². The van der Waals surface area contributed by atoms with Gasteiger partial charge in [-0.3, -0.25) is 4.79 Å². The third-order valence-electron chi connectivity index (χ3n) is 3.79. The quantitative estimate of drug-likeness (QED) is 0.669. The zero-order valence-electron chi connectivity index (χ0n) is 14.1. The van der Waals surface area contributed by atoms with Crippen LogP contribution in [0.2, 0.25) is 0 Å². The minimum atomic E-state index is -0.432. The van der Waals surface area contributed by atoms with E-state index >= 15 is 0 Å². The fraction of sp³-hybridized carbons (Fsp3) is 0.150. The predicted octanol–water partition coefficient (Wildman–Crippen LogP) is 3.25. The van der Waals surface area contributed by atoms with Gasteiger partial charge in [0.05, 0.1) is 11.6 Å². The number of aromatic amines is 1. The van der Waals surface area contributed by atoms with Gasteiger partial charge in [0.15, 0.2) is 0 Å². The van der Waals surface area contributed by atoms with Crippen LogP contribution in [0.25, 0.3) is 16.8 Å². The summed E-state index contributed by atoms with van der Waals surface area (Å²) in [4.78, 5) is 23.2. The molecule has 0 spiro atoms. The van der Waals surface area contributed by atoms with Crippen molar-refractivity contribution in [1.29, 1.82) is 0 Å². The highest BCUT2D eigenvalue weighted by Gasteiger charge is 2.01. The molecule has 0 aliphatic heterocycles. The Morgan fingerprint density at radius 1 is 1.19 bits per heavy atom. The molecule has 0 saturated carbocycles. The number of ether oxygens (including phenoxy) is 1. The Kier molecular flexibility index (Phi) is 5.77. The fourth-order valence-electron chi connectivity index (χ4n) is 2.47. The van der Waals surface area contributed by atoms with Gasteiger partial charge in [-0.2, -0.15) is 5.10 Å². The summed E-state index contributed by atoms with van der Waals surface area (Å²) in [7, 11) is 0. The van der Waals surface area contributed by atoms with Crippen LogP contribution in [0.1, 0.15) is 17.5 Å². The van der Waals surface area contributed by atoms with Gasteiger partial charge in [-0.1, -0.05) is 48.6 Å². The Bertz CT molecular complexity index is 965. The summed E-state index contributed by atoms with van der Waals surface area (Å²) in [5, 5.41) is 10.3. The maximum absolute atomic E-state index is 11.6. The lowest BCUT2D eigenvalue weighted by atomic mass is 10.1. The highest BCUT2D eigenvalue weighted by Crippen LogP contribution is 2.12. The van der Waals surface area contributed by atoms with Crippen molar-refractivity contribution < 1.29 is 9.53 Å². The summed E-state index contributed by atoms with van der Waals surface area (Å²) in [6.07, 6.45) is 5.76. The number of nitrogens with zero attached hydrogens (tertiary/aromatic N) is 1. The minimum Gasteiger partial charge on any atom is -0.445 e. The van der Waals surface area contributed by atoms with Crippen molar-refractivity contribution in [2.75, 3.05) is 6.54 Å². The molecule has 26 heavy (non-hydrogen) atoms. The molecular weight excluding hydrogens is 330 g/mol. The zero-order valence-corrected chi connectivity index (χ0v) is 14.1. The molecule has 1 aromatic heterocycles. The molecule has 0 atom stereocenters. The molecule has 0 unspecified atom stereocenters. The van der Waals surface area contributed by atoms with Crippen LogP contribution >= 0.6 is 0 Å². The van der Waals surface area contributed by atoms with Crippen molar-refractivity contribution in [3.63, 3.8) is 0 Å². The second kappa shape index (κ2) is 8.62. The highest BCUT2D eigenvalue weighted by atomic mass is 16.5. The second-order valence-corrected chi connectivity index (χ2v) is 5.73. The fourth-order valence-corrected chi connectivity index (χ4v) is 2.47. The molecule has 6 nitrogen and oxygen atoms in total. The number of amides is 1. The first-order valence-electron chi connectivity index (χ1n) is 8.31. The summed E-state index contributed by atoms with van der Waals surface area (Å²) in [6, 6.07) is 15.1. The molecule has 0 aliphatic carbocycles. The molecule has 0 bridgehead atoms. The molecule has 2 aromatic carbocycles. The Balaban J connectivity index is 1.43. The number of hydrogen-bond acceptors (Lipinski definition) is 4. The lowest BCUT2D eigenvalue weighted by Crippen LogP contribution is -2.24. The lowest BCUT2D eigenvalue weighted by molar-refractivity contribution is 0.140. The lowest BCUT2D eigenvalue weighted by Gasteiger charge is -2.05. The maximum atomic E-state index is 11.6. The number of carbonyl (C=O) groups is 1. The number of H-pyrrole nitrogens is 1. The number of aromatic nitrogens is 2. The van der Waals surface area contributed by atoms with Gasteiger partial charge in [-0.15, -0.1) is 0 Å². The van der Waals surface area contributed by atoms with Gasteiger partial charge in [0.1, 0.15) is 6.61 Å². The van der Waals surface area contributed by atoms with Crippen LogP contribution in [0.15, 0.2) is 65.6 Å². The first kappa shape index (κ1) is 17.4. The first-order valence-corrected chi connectivity index (χ1v) is 8.31. The van der Waals surface area contributed by atoms with Crippen molar-refractivity contribution in [3.8, 4) is 0 Å². The van der Waals surface area contributed by atoms with Crippen LogP contribution in [-0.2, 0) is 11.3 Å². The Labute approximate surface area is 150 Å². The summed E-state index contributed by atoms with van der Waals surface area (Å²) in [5.74, 6) is 0. The highest BCUT2D eigenvalue weighted by molar-refractivity contribution is 5.82. The van der Waals surface area contributed by atoms with Crippen LogP contribution in [0.3, 0.4) is 0 Å². The van der Waals surface area contributed by atoms with E-state index in [0.29, 0.717) is 18.4 Å². The van der Waals surface area contributed by atoms with E-state index in [9.17, 15) is 9.59 Å². The van der Waals surface area contributed by atoms with Gasteiger partial charge in [-0.05, 0) is 29.7 Å². The van der Waals surface area contributed by atoms with Crippen LogP contribution < -0.4 is 10.9 Å². The van der Waals surface area contributed by atoms with Gasteiger partial charge in [0.25, 0.3) is 5.56 Å². The monoisotopic (exact) mass is 349 g/mol. The Morgan fingerprint density at radius 2 is 2.04 bits per heavy atom. The van der Waals surface area contributed by atoms with Crippen molar-refractivity contribution in [2.45, 2.75) is 13.0 Å². The maximum Gasteiger partial charge on any atom is 0.407 e. The molecule has 132 valence electrons. The predicted molar refractivity (Wildman–Crippen MR) is 101 cm³/mol. The van der Waals surface area contributed by atoms with E-state index in [2.05, 4.69) is 15.5 Å². The first-order chi connectivity index (χ1) is 12.7. The average molecular weight is 349 g/mol. The summed E-state index contributed by atoms with van der Waals surface area (Å²) in [5.41, 5.74) is 1.72. The Hall–Kier alpha value is -3.41. The third-order valence-corrected chi connectivity index (χ3v) is 3.79. The van der Waals surface area contributed by atoms with Crippen molar-refractivity contribution >= 4 is 22.9 Å². The number of carbonyl (C=O) groups excluding carboxylic acids is 1. The van der Waals surface area contributed by atoms with Crippen molar-refractivity contribution in [3.05, 3.63) is 82.3 Å². The third kappa shape index (κ3) is 4.80. The normalized spacial score (nSPS) is 10.9. The zero-order chi connectivity index (χ0) is 18.2. The van der Waals surface area contributed by atoms with E-state index in [-0.39, 0.29) is 12.2 Å². The summed E-state index contributed by atoms with van der Waals surface area (Å²) < 4.78 is 5.14. The number of rotatable bonds is 6. The van der Waals surface area contributed by atoms with Crippen LogP contribution in [0.5, 0.6) is 0 Å². The van der Waals surface area contributed by atoms with Crippen molar-refractivity contribution in [1.82, 2.24) is 15.5 Å². The molecule has 3 aromatic rings. The summed E-state index contributed by atoms with van der Waals surface area (Å²) >= 11 is 0. The smallest absolute Gasteiger partial charge is 0.407 e. The van der Waals surface area contributed by atoms with Gasteiger partial charge >= 0.3 is 6.09 Å². The number of nitrogens with one attached hydrogen (secondary N) is 2. The SMILES string of the molecule is O=C(NCCC=Cc1ccc2c(=O)[nH]ncc2c1)OCc1ccccc1. The number of alkyl carbamates (subject to hydrolysis) is 1. The van der Waals surface area contributed by atoms with E-state index in [0.717, 1.165) is 16.5 Å². The molecule has 1 heterocycles. The van der Waals surface area contributed by atoms with E-state index in [1.807, 2.05) is 54.6 Å². The molecule has 3 rings (SSSR count). The van der Waals surface area contributed by atoms with Gasteiger partial charge in [-0.25, -0.2) is 9.89 Å². The largest absolute Gasteiger partial charge is 0.445 e. The standard InChI is InChI=1S/C20H19N3O3/c24-19-18-10-9-15(12-17(18)13-22-23-19)6-4-5-11-21-20(25)26-14-16-7-2-1-3-8-16/h1-4,6-10,12-13H,5,11,14H2,(H,21,25)(H,23,24). The minimum absolute atomic E-state index is 0.198. The van der Waals surface area contributed by atoms with Crippen LogP contribution in [0.4, 0.5) is 4.79 Å². The molecule has 1 amide bonds. The summed E-state index contributed by atoms with van der Waals surface area (Å²) in [6.45, 7) is 0.742. The molecule has 6 heteroatoms. The van der Waals surface area contributed by atoms with Gasteiger partial charge < -0.3 is 10.1 Å². The van der Waals surface area contributed by atoms with Gasteiger partial charge in [0, 0.05) is 11.9 Å². The Morgan fingerprint density at radius 3 is 2.88 bits per heavy atom. The second-order valence-electron chi connectivity index (χ2n) is 5.73. The number of benzene rings is 2. The van der Waals surface area contributed by atoms with Gasteiger partial charge in [0.2, 0.25) is 0 Å². The molecule has 2 N–H and O–H groups in total. The average Bonchev–Trinajstić information content (AvgIpc) is 2.67. The van der Waals surface area contributed by atoms with Crippen molar-refractivity contribution in [2.24, 2.45) is 0 Å². The van der Waals surface area contributed by atoms with Crippen LogP contribution in [-0.4, -0.2) is 22.8 Å². The van der Waals surface area contributed by atoms with E-state index in [1.165, 1.54) is 0 Å². The molecule has 0 aliphatic rings. The number of hydrogen-bond donors (Lipinski definition) is 2. The molecular formula is C20H19N3O3. The van der Waals surface area contributed by atoms with E-state index in [1.54, 1.807) is 12.3 Å². The van der Waals surface area contributed by atoms with Crippen LogP contribution in [0, 0.1) is 0 Å². The van der Waals surface area contributed by atoms with E-state index < -0.39 is 6.09 Å². The molecule has 0 saturated heterocycles. The molecule has 0 fully saturated rings.